The quantitative estimate of drug-likeness (QED) is 0.394. The summed E-state index contributed by atoms with van der Waals surface area (Å²) < 4.78 is 0. The monoisotopic (exact) mass is 247 g/mol. The fraction of sp³-hybridized carbons (Fsp3) is 0.909. The number of hydrogen-bond acceptors (Lipinski definition) is 5. The Kier molecular flexibility index (Phi) is 4.48. The van der Waals surface area contributed by atoms with Gasteiger partial charge >= 0.3 is 5.97 Å². The van der Waals surface area contributed by atoms with Crippen molar-refractivity contribution in [3.05, 3.63) is 0 Å². The molecule has 0 saturated carbocycles. The Morgan fingerprint density at radius 2 is 1.94 bits per heavy atom. The summed E-state index contributed by atoms with van der Waals surface area (Å²) in [6.45, 7) is 2.72. The molecule has 0 radical (unpaired) electrons. The molecule has 0 aliphatic carbocycles. The first-order valence-electron chi connectivity index (χ1n) is 6.02. The molecule has 17 heavy (non-hydrogen) atoms. The van der Waals surface area contributed by atoms with Crippen LogP contribution in [0.5, 0.6) is 0 Å². The van der Waals surface area contributed by atoms with Gasteiger partial charge in [-0.05, 0) is 12.8 Å². The molecule has 1 heterocycles. The molecule has 0 amide bonds. The fourth-order valence-electron chi connectivity index (χ4n) is 2.24. The highest BCUT2D eigenvalue weighted by molar-refractivity contribution is 5.78. The second-order valence-electron chi connectivity index (χ2n) is 4.59. The number of carboxylic acid groups (broad SMARTS) is 1. The van der Waals surface area contributed by atoms with E-state index in [0.717, 1.165) is 19.3 Å². The van der Waals surface area contributed by atoms with Gasteiger partial charge in [0.25, 0.3) is 5.72 Å². The normalized spacial score (nSPS) is 29.2. The zero-order valence-electron chi connectivity index (χ0n) is 10.1. The van der Waals surface area contributed by atoms with E-state index in [4.69, 9.17) is 5.11 Å². The van der Waals surface area contributed by atoms with Gasteiger partial charge in [0, 0.05) is 19.5 Å². The number of unbranched alkanes of at least 4 members (excludes halogenated alkanes) is 2. The number of rotatable bonds is 5. The van der Waals surface area contributed by atoms with Gasteiger partial charge in [0.15, 0.2) is 0 Å². The number of hydrogen-bond donors (Lipinski definition) is 4. The van der Waals surface area contributed by atoms with E-state index in [0.29, 0.717) is 19.5 Å². The Labute approximate surface area is 100 Å². The van der Waals surface area contributed by atoms with Gasteiger partial charge < -0.3 is 20.4 Å². The number of piperidine rings is 1. The van der Waals surface area contributed by atoms with Crippen molar-refractivity contribution in [1.82, 2.24) is 4.90 Å². The van der Waals surface area contributed by atoms with Gasteiger partial charge in [0.2, 0.25) is 5.79 Å². The first kappa shape index (κ1) is 14.4. The second kappa shape index (κ2) is 5.30. The van der Waals surface area contributed by atoms with E-state index in [1.165, 1.54) is 4.90 Å². The molecule has 1 rings (SSSR count). The predicted octanol–water partition coefficient (Wildman–Crippen LogP) is -0.273. The van der Waals surface area contributed by atoms with Crippen LogP contribution in [0.2, 0.25) is 0 Å². The topological polar surface area (TPSA) is 101 Å². The van der Waals surface area contributed by atoms with Crippen molar-refractivity contribution in [2.24, 2.45) is 0 Å². The molecular weight excluding hydrogens is 226 g/mol. The smallest absolute Gasteiger partial charge is 0.357 e. The molecule has 6 heteroatoms. The van der Waals surface area contributed by atoms with Gasteiger partial charge in [-0.2, -0.15) is 0 Å². The molecule has 6 nitrogen and oxygen atoms in total. The number of likely N-dealkylation sites (tertiary alicyclic amines) is 1. The summed E-state index contributed by atoms with van der Waals surface area (Å²) in [5.41, 5.74) is -2.60. The Morgan fingerprint density at radius 3 is 2.47 bits per heavy atom. The third-order valence-corrected chi connectivity index (χ3v) is 3.30. The Morgan fingerprint density at radius 1 is 1.29 bits per heavy atom. The average molecular weight is 247 g/mol. The Hall–Kier alpha value is -0.690. The molecule has 0 aromatic rings. The Bertz CT molecular complexity index is 281. The van der Waals surface area contributed by atoms with Crippen LogP contribution in [0, 0.1) is 0 Å². The molecule has 0 aromatic carbocycles. The minimum atomic E-state index is -2.60. The van der Waals surface area contributed by atoms with Crippen LogP contribution in [0.25, 0.3) is 0 Å². The van der Waals surface area contributed by atoms with E-state index in [9.17, 15) is 20.1 Å². The highest BCUT2D eigenvalue weighted by atomic mass is 16.5. The maximum Gasteiger partial charge on any atom is 0.357 e. The second-order valence-corrected chi connectivity index (χ2v) is 4.59. The van der Waals surface area contributed by atoms with E-state index >= 15 is 0 Å². The number of carboxylic acids is 1. The summed E-state index contributed by atoms with van der Waals surface area (Å²) in [5.74, 6) is -4.21. The molecule has 0 bridgehead atoms. The van der Waals surface area contributed by atoms with Crippen molar-refractivity contribution in [3.8, 4) is 0 Å². The molecule has 0 spiro atoms. The van der Waals surface area contributed by atoms with Crippen LogP contribution in [-0.4, -0.2) is 55.9 Å². The number of carbonyl (C=O) groups is 1. The molecular formula is C11H21NO5. The SMILES string of the molecule is CCCCCN1CCCC(O)(O)C1(O)C(=O)O. The maximum absolute atomic E-state index is 11.1. The minimum Gasteiger partial charge on any atom is -0.478 e. The van der Waals surface area contributed by atoms with Crippen molar-refractivity contribution in [1.29, 1.82) is 0 Å². The van der Waals surface area contributed by atoms with Gasteiger partial charge in [-0.15, -0.1) is 0 Å². The molecule has 1 aliphatic heterocycles. The van der Waals surface area contributed by atoms with E-state index in [1.54, 1.807) is 0 Å². The summed E-state index contributed by atoms with van der Waals surface area (Å²) in [4.78, 5) is 12.4. The van der Waals surface area contributed by atoms with Crippen molar-refractivity contribution in [2.45, 2.75) is 50.5 Å². The number of aliphatic hydroxyl groups is 3. The number of aliphatic carboxylic acids is 1. The minimum absolute atomic E-state index is 0.139. The van der Waals surface area contributed by atoms with Crippen molar-refractivity contribution >= 4 is 5.97 Å². The fourth-order valence-corrected chi connectivity index (χ4v) is 2.24. The van der Waals surface area contributed by atoms with E-state index in [1.807, 2.05) is 6.92 Å². The first-order chi connectivity index (χ1) is 7.86. The molecule has 1 atom stereocenters. The highest BCUT2D eigenvalue weighted by Gasteiger charge is 2.60. The van der Waals surface area contributed by atoms with Gasteiger partial charge in [0.05, 0.1) is 0 Å². The van der Waals surface area contributed by atoms with Crippen LogP contribution in [-0.2, 0) is 4.79 Å². The standard InChI is InChI=1S/C11H21NO5/c1-2-3-4-7-12-8-5-6-10(15,16)11(12,17)9(13)14/h15-17H,2-8H2,1H3,(H,13,14). The van der Waals surface area contributed by atoms with Crippen LogP contribution in [0.15, 0.2) is 0 Å². The molecule has 0 aromatic heterocycles. The van der Waals surface area contributed by atoms with Crippen LogP contribution in [0.3, 0.4) is 0 Å². The number of nitrogens with zero attached hydrogens (tertiary/aromatic N) is 1. The summed E-state index contributed by atoms with van der Waals surface area (Å²) in [7, 11) is 0. The molecule has 100 valence electrons. The lowest BCUT2D eigenvalue weighted by atomic mass is 9.90. The van der Waals surface area contributed by atoms with Crippen LogP contribution in [0.1, 0.15) is 39.0 Å². The van der Waals surface area contributed by atoms with Gasteiger partial charge in [-0.1, -0.05) is 19.8 Å². The van der Waals surface area contributed by atoms with Gasteiger partial charge in [0.1, 0.15) is 0 Å². The molecule has 1 fully saturated rings. The lowest BCUT2D eigenvalue weighted by molar-refractivity contribution is -0.332. The molecule has 1 aliphatic rings. The first-order valence-corrected chi connectivity index (χ1v) is 6.02. The molecule has 4 N–H and O–H groups in total. The summed E-state index contributed by atoms with van der Waals surface area (Å²) in [6.07, 6.45) is 2.93. The lowest BCUT2D eigenvalue weighted by Gasteiger charge is -2.47. The third-order valence-electron chi connectivity index (χ3n) is 3.30. The molecule has 1 saturated heterocycles. The van der Waals surface area contributed by atoms with Crippen LogP contribution in [0.4, 0.5) is 0 Å². The van der Waals surface area contributed by atoms with Crippen molar-refractivity contribution in [2.75, 3.05) is 13.1 Å². The van der Waals surface area contributed by atoms with Gasteiger partial charge in [-0.25, -0.2) is 4.79 Å². The zero-order valence-corrected chi connectivity index (χ0v) is 10.1. The van der Waals surface area contributed by atoms with Crippen molar-refractivity contribution in [3.63, 3.8) is 0 Å². The van der Waals surface area contributed by atoms with Crippen LogP contribution < -0.4 is 0 Å². The lowest BCUT2D eigenvalue weighted by Crippen LogP contribution is -2.71. The largest absolute Gasteiger partial charge is 0.478 e. The van der Waals surface area contributed by atoms with E-state index in [-0.39, 0.29) is 6.42 Å². The van der Waals surface area contributed by atoms with E-state index in [2.05, 4.69) is 0 Å². The van der Waals surface area contributed by atoms with Crippen molar-refractivity contribution < 1.29 is 25.2 Å². The zero-order chi connectivity index (χ0) is 13.1. The van der Waals surface area contributed by atoms with Crippen LogP contribution >= 0.6 is 0 Å². The average Bonchev–Trinajstić information content (AvgIpc) is 2.24. The highest BCUT2D eigenvalue weighted by Crippen LogP contribution is 2.34. The van der Waals surface area contributed by atoms with Gasteiger partial charge in [-0.3, -0.25) is 4.90 Å². The summed E-state index contributed by atoms with van der Waals surface area (Å²) >= 11 is 0. The third kappa shape index (κ3) is 2.60. The Balaban J connectivity index is 2.82. The summed E-state index contributed by atoms with van der Waals surface area (Å²) in [6, 6.07) is 0. The van der Waals surface area contributed by atoms with E-state index < -0.39 is 17.5 Å². The maximum atomic E-state index is 11.1. The predicted molar refractivity (Wildman–Crippen MR) is 60.1 cm³/mol. The summed E-state index contributed by atoms with van der Waals surface area (Å²) in [5, 5.41) is 38.5. The molecule has 1 unspecified atom stereocenters.